The Morgan fingerprint density at radius 1 is 1.28 bits per heavy atom. The molecular weight excluding hydrogens is 327 g/mol. The van der Waals surface area contributed by atoms with Crippen molar-refractivity contribution in [2.24, 2.45) is 0 Å². The Hall–Kier alpha value is -1.20. The van der Waals surface area contributed by atoms with Gasteiger partial charge in [0.25, 0.3) is 0 Å². The van der Waals surface area contributed by atoms with Crippen molar-refractivity contribution in [3.05, 3.63) is 57.3 Å². The number of pyridine rings is 1. The molecule has 0 unspecified atom stereocenters. The summed E-state index contributed by atoms with van der Waals surface area (Å²) in [5.74, 6) is -1.50. The number of halogens is 4. The second-order valence-electron chi connectivity index (χ2n) is 3.44. The van der Waals surface area contributed by atoms with Crippen molar-refractivity contribution in [1.29, 1.82) is 0 Å². The third-order valence-electron chi connectivity index (χ3n) is 2.10. The van der Waals surface area contributed by atoms with Gasteiger partial charge in [-0.15, -0.1) is 0 Å². The van der Waals surface area contributed by atoms with E-state index < -0.39 is 11.6 Å². The summed E-state index contributed by atoms with van der Waals surface area (Å²) >= 11 is 8.74. The van der Waals surface area contributed by atoms with Crippen LogP contribution in [0, 0.1) is 11.6 Å². The van der Waals surface area contributed by atoms with E-state index in [1.807, 2.05) is 0 Å². The number of nitrogens with zero attached hydrogens (tertiary/aromatic N) is 1. The molecule has 0 N–H and O–H groups in total. The van der Waals surface area contributed by atoms with Gasteiger partial charge in [-0.2, -0.15) is 0 Å². The number of aromatic nitrogens is 1. The minimum Gasteiger partial charge on any atom is -0.483 e. The largest absolute Gasteiger partial charge is 0.483 e. The number of rotatable bonds is 3. The van der Waals surface area contributed by atoms with Gasteiger partial charge in [-0.05, 0) is 34.1 Å². The molecule has 2 nitrogen and oxygen atoms in total. The zero-order valence-electron chi connectivity index (χ0n) is 8.96. The normalized spacial score (nSPS) is 10.4. The van der Waals surface area contributed by atoms with Crippen LogP contribution in [0.15, 0.2) is 34.8 Å². The van der Waals surface area contributed by atoms with Gasteiger partial charge in [0.05, 0.1) is 10.2 Å². The van der Waals surface area contributed by atoms with Crippen LogP contribution in [0.25, 0.3) is 0 Å². The first kappa shape index (κ1) is 13.2. The molecule has 1 aromatic heterocycles. The lowest BCUT2D eigenvalue weighted by molar-refractivity contribution is 0.283. The molecule has 6 heteroatoms. The summed E-state index contributed by atoms with van der Waals surface area (Å²) in [7, 11) is 0. The van der Waals surface area contributed by atoms with Gasteiger partial charge in [0.1, 0.15) is 17.6 Å². The molecular formula is C12H7BrClF2NO. The SMILES string of the molecule is Fc1cc(F)c(OCc2cccc(Cl)n2)c(Br)c1. The summed E-state index contributed by atoms with van der Waals surface area (Å²) in [4.78, 5) is 3.99. The fourth-order valence-corrected chi connectivity index (χ4v) is 2.05. The van der Waals surface area contributed by atoms with Crippen molar-refractivity contribution >= 4 is 27.5 Å². The lowest BCUT2D eigenvalue weighted by Gasteiger charge is -2.09. The third kappa shape index (κ3) is 3.17. The molecule has 0 spiro atoms. The first-order valence-corrected chi connectivity index (χ1v) is 6.12. The fourth-order valence-electron chi connectivity index (χ4n) is 1.34. The predicted octanol–water partition coefficient (Wildman–Crippen LogP) is 4.35. The molecule has 0 atom stereocenters. The highest BCUT2D eigenvalue weighted by Gasteiger charge is 2.11. The summed E-state index contributed by atoms with van der Waals surface area (Å²) in [5.41, 5.74) is 0.554. The van der Waals surface area contributed by atoms with E-state index in [0.717, 1.165) is 12.1 Å². The standard InChI is InChI=1S/C12H7BrClF2NO/c13-9-4-7(15)5-10(16)12(9)18-6-8-2-1-3-11(14)17-8/h1-5H,6H2. The Morgan fingerprint density at radius 2 is 2.06 bits per heavy atom. The second kappa shape index (κ2) is 5.63. The van der Waals surface area contributed by atoms with Crippen LogP contribution in [-0.2, 0) is 6.61 Å². The maximum Gasteiger partial charge on any atom is 0.169 e. The topological polar surface area (TPSA) is 22.1 Å². The minimum atomic E-state index is -0.774. The molecule has 1 heterocycles. The highest BCUT2D eigenvalue weighted by Crippen LogP contribution is 2.29. The molecule has 0 saturated carbocycles. The zero-order valence-corrected chi connectivity index (χ0v) is 11.3. The van der Waals surface area contributed by atoms with Gasteiger partial charge < -0.3 is 4.74 Å². The number of ether oxygens (including phenoxy) is 1. The number of hydrogen-bond donors (Lipinski definition) is 0. The summed E-state index contributed by atoms with van der Waals surface area (Å²) in [6.07, 6.45) is 0. The molecule has 1 aromatic carbocycles. The monoisotopic (exact) mass is 333 g/mol. The molecule has 0 aliphatic heterocycles. The van der Waals surface area contributed by atoms with Gasteiger partial charge in [-0.1, -0.05) is 17.7 Å². The Morgan fingerprint density at radius 3 is 2.72 bits per heavy atom. The molecule has 0 aliphatic rings. The molecule has 2 rings (SSSR count). The van der Waals surface area contributed by atoms with Gasteiger partial charge in [-0.3, -0.25) is 0 Å². The van der Waals surface area contributed by atoms with Crippen molar-refractivity contribution in [1.82, 2.24) is 4.98 Å². The van der Waals surface area contributed by atoms with Crippen LogP contribution in [0.2, 0.25) is 5.15 Å². The molecule has 2 aromatic rings. The maximum absolute atomic E-state index is 13.5. The van der Waals surface area contributed by atoms with E-state index in [1.165, 1.54) is 0 Å². The maximum atomic E-state index is 13.5. The lowest BCUT2D eigenvalue weighted by atomic mass is 10.3. The van der Waals surface area contributed by atoms with Crippen LogP contribution in [-0.4, -0.2) is 4.98 Å². The van der Waals surface area contributed by atoms with Crippen molar-refractivity contribution in [3.63, 3.8) is 0 Å². The van der Waals surface area contributed by atoms with E-state index >= 15 is 0 Å². The van der Waals surface area contributed by atoms with Crippen LogP contribution in [0.1, 0.15) is 5.69 Å². The van der Waals surface area contributed by atoms with Crippen molar-refractivity contribution in [2.75, 3.05) is 0 Å². The Kier molecular flexibility index (Phi) is 4.14. The Bertz CT molecular complexity index is 557. The van der Waals surface area contributed by atoms with Crippen molar-refractivity contribution in [3.8, 4) is 5.75 Å². The zero-order chi connectivity index (χ0) is 13.1. The molecule has 0 aliphatic carbocycles. The van der Waals surface area contributed by atoms with Gasteiger partial charge >= 0.3 is 0 Å². The van der Waals surface area contributed by atoms with Gasteiger partial charge in [0.15, 0.2) is 11.6 Å². The molecule has 0 radical (unpaired) electrons. The molecule has 0 amide bonds. The van der Waals surface area contributed by atoms with E-state index in [-0.39, 0.29) is 16.8 Å². The van der Waals surface area contributed by atoms with Gasteiger partial charge in [0, 0.05) is 6.07 Å². The average Bonchev–Trinajstić information content (AvgIpc) is 2.27. The van der Waals surface area contributed by atoms with Crippen LogP contribution < -0.4 is 4.74 Å². The Labute approximate surface area is 116 Å². The van der Waals surface area contributed by atoms with Crippen LogP contribution in [0.4, 0.5) is 8.78 Å². The molecule has 94 valence electrons. The predicted molar refractivity (Wildman–Crippen MR) is 67.6 cm³/mol. The Balaban J connectivity index is 2.16. The highest BCUT2D eigenvalue weighted by molar-refractivity contribution is 9.10. The average molecular weight is 335 g/mol. The number of hydrogen-bond acceptors (Lipinski definition) is 2. The minimum absolute atomic E-state index is 0.0434. The van der Waals surface area contributed by atoms with Crippen LogP contribution in [0.5, 0.6) is 5.75 Å². The highest BCUT2D eigenvalue weighted by atomic mass is 79.9. The van der Waals surface area contributed by atoms with E-state index in [9.17, 15) is 8.78 Å². The van der Waals surface area contributed by atoms with E-state index in [4.69, 9.17) is 16.3 Å². The molecule has 0 saturated heterocycles. The summed E-state index contributed by atoms with van der Waals surface area (Å²) < 4.78 is 31.8. The smallest absolute Gasteiger partial charge is 0.169 e. The van der Waals surface area contributed by atoms with Crippen LogP contribution >= 0.6 is 27.5 Å². The molecule has 18 heavy (non-hydrogen) atoms. The summed E-state index contributed by atoms with van der Waals surface area (Å²) in [6, 6.07) is 6.92. The van der Waals surface area contributed by atoms with Crippen LogP contribution in [0.3, 0.4) is 0 Å². The number of benzene rings is 1. The van der Waals surface area contributed by atoms with E-state index in [2.05, 4.69) is 20.9 Å². The van der Waals surface area contributed by atoms with E-state index in [0.29, 0.717) is 10.8 Å². The van der Waals surface area contributed by atoms with E-state index in [1.54, 1.807) is 18.2 Å². The quantitative estimate of drug-likeness (QED) is 0.778. The fraction of sp³-hybridized carbons (Fsp3) is 0.0833. The second-order valence-corrected chi connectivity index (χ2v) is 4.68. The molecule has 0 fully saturated rings. The van der Waals surface area contributed by atoms with Gasteiger partial charge in [-0.25, -0.2) is 13.8 Å². The molecule has 0 bridgehead atoms. The van der Waals surface area contributed by atoms with Crippen molar-refractivity contribution in [2.45, 2.75) is 6.61 Å². The van der Waals surface area contributed by atoms with Gasteiger partial charge in [0.2, 0.25) is 0 Å². The lowest BCUT2D eigenvalue weighted by Crippen LogP contribution is -2.01. The first-order chi connectivity index (χ1) is 8.56. The summed E-state index contributed by atoms with van der Waals surface area (Å²) in [6.45, 7) is 0.0434. The first-order valence-electron chi connectivity index (χ1n) is 4.95. The summed E-state index contributed by atoms with van der Waals surface area (Å²) in [5, 5.41) is 0.328. The van der Waals surface area contributed by atoms with Crippen molar-refractivity contribution < 1.29 is 13.5 Å². The third-order valence-corrected chi connectivity index (χ3v) is 2.90.